The Morgan fingerprint density at radius 2 is 1.78 bits per heavy atom. The second kappa shape index (κ2) is 8.25. The molecule has 1 rings (SSSR count). The van der Waals surface area contributed by atoms with Crippen LogP contribution >= 0.6 is 0 Å². The number of hydrogen-bond donors (Lipinski definition) is 2. The molecule has 0 aliphatic rings. The van der Waals surface area contributed by atoms with Crippen molar-refractivity contribution in [2.24, 2.45) is 0 Å². The van der Waals surface area contributed by atoms with Gasteiger partial charge in [-0.05, 0) is 25.6 Å². The predicted molar refractivity (Wildman–Crippen MR) is 76.7 cm³/mol. The molecule has 0 aliphatic carbocycles. The molecule has 2 unspecified atom stereocenters. The van der Waals surface area contributed by atoms with Crippen LogP contribution in [0.1, 0.15) is 32.4 Å². The second-order valence-electron chi connectivity index (χ2n) is 4.72. The summed E-state index contributed by atoms with van der Waals surface area (Å²) in [6.07, 6.45) is -0.426. The molecule has 1 aromatic rings. The Morgan fingerprint density at radius 1 is 1.17 bits per heavy atom. The normalized spacial score (nSPS) is 14.7. The molecule has 18 heavy (non-hydrogen) atoms. The van der Waals surface area contributed by atoms with E-state index in [9.17, 15) is 5.11 Å². The largest absolute Gasteiger partial charge is 0.387 e. The SMILES string of the molecule is CCN(CC)CC(C)NCC(O)c1ccccc1. The maximum absolute atomic E-state index is 10.0. The second-order valence-corrected chi connectivity index (χ2v) is 4.72. The minimum Gasteiger partial charge on any atom is -0.387 e. The molecular weight excluding hydrogens is 224 g/mol. The third kappa shape index (κ3) is 5.17. The molecule has 0 heterocycles. The highest BCUT2D eigenvalue weighted by atomic mass is 16.3. The maximum Gasteiger partial charge on any atom is 0.0914 e. The first-order chi connectivity index (χ1) is 8.67. The Balaban J connectivity index is 2.32. The zero-order chi connectivity index (χ0) is 13.4. The molecule has 1 aromatic carbocycles. The summed E-state index contributed by atoms with van der Waals surface area (Å²) in [4.78, 5) is 2.38. The molecule has 3 nitrogen and oxygen atoms in total. The van der Waals surface area contributed by atoms with Gasteiger partial charge in [0, 0.05) is 19.1 Å². The van der Waals surface area contributed by atoms with Crippen LogP contribution in [0.4, 0.5) is 0 Å². The monoisotopic (exact) mass is 250 g/mol. The highest BCUT2D eigenvalue weighted by Gasteiger charge is 2.10. The van der Waals surface area contributed by atoms with Gasteiger partial charge in [-0.2, -0.15) is 0 Å². The first-order valence-corrected chi connectivity index (χ1v) is 6.86. The lowest BCUT2D eigenvalue weighted by Crippen LogP contribution is -2.40. The Bertz CT molecular complexity index is 312. The molecule has 0 spiro atoms. The molecule has 0 aromatic heterocycles. The molecule has 0 fully saturated rings. The number of nitrogens with one attached hydrogen (secondary N) is 1. The summed E-state index contributed by atoms with van der Waals surface area (Å²) in [5, 5.41) is 13.4. The number of aliphatic hydroxyl groups excluding tert-OH is 1. The smallest absolute Gasteiger partial charge is 0.0914 e. The van der Waals surface area contributed by atoms with Crippen LogP contribution in [0.15, 0.2) is 30.3 Å². The van der Waals surface area contributed by atoms with Crippen molar-refractivity contribution in [3.05, 3.63) is 35.9 Å². The number of likely N-dealkylation sites (N-methyl/N-ethyl adjacent to an activating group) is 1. The predicted octanol–water partition coefficient (Wildman–Crippen LogP) is 2.04. The summed E-state index contributed by atoms with van der Waals surface area (Å²) < 4.78 is 0. The molecule has 2 atom stereocenters. The zero-order valence-electron chi connectivity index (χ0n) is 11.8. The van der Waals surface area contributed by atoms with Crippen LogP contribution < -0.4 is 5.32 Å². The van der Waals surface area contributed by atoms with Crippen LogP contribution in [-0.4, -0.2) is 42.2 Å². The van der Waals surface area contributed by atoms with Crippen molar-refractivity contribution in [1.82, 2.24) is 10.2 Å². The Hall–Kier alpha value is -0.900. The minimum atomic E-state index is -0.426. The van der Waals surface area contributed by atoms with Crippen LogP contribution in [-0.2, 0) is 0 Å². The van der Waals surface area contributed by atoms with E-state index in [0.29, 0.717) is 12.6 Å². The van der Waals surface area contributed by atoms with Crippen LogP contribution in [0.2, 0.25) is 0 Å². The third-order valence-corrected chi connectivity index (χ3v) is 3.27. The van der Waals surface area contributed by atoms with Gasteiger partial charge in [-0.15, -0.1) is 0 Å². The van der Waals surface area contributed by atoms with E-state index in [1.54, 1.807) is 0 Å². The van der Waals surface area contributed by atoms with Gasteiger partial charge in [-0.1, -0.05) is 44.2 Å². The first-order valence-electron chi connectivity index (χ1n) is 6.86. The molecule has 0 aliphatic heterocycles. The topological polar surface area (TPSA) is 35.5 Å². The van der Waals surface area contributed by atoms with Crippen LogP contribution in [0.3, 0.4) is 0 Å². The fraction of sp³-hybridized carbons (Fsp3) is 0.600. The zero-order valence-corrected chi connectivity index (χ0v) is 11.8. The number of nitrogens with zero attached hydrogens (tertiary/aromatic N) is 1. The van der Waals surface area contributed by atoms with Gasteiger partial charge in [0.15, 0.2) is 0 Å². The number of hydrogen-bond acceptors (Lipinski definition) is 3. The van der Waals surface area contributed by atoms with Gasteiger partial charge in [-0.25, -0.2) is 0 Å². The van der Waals surface area contributed by atoms with Crippen molar-refractivity contribution in [2.75, 3.05) is 26.2 Å². The van der Waals surface area contributed by atoms with Gasteiger partial charge in [-0.3, -0.25) is 0 Å². The fourth-order valence-corrected chi connectivity index (χ4v) is 2.04. The van der Waals surface area contributed by atoms with Gasteiger partial charge in [0.05, 0.1) is 6.10 Å². The van der Waals surface area contributed by atoms with E-state index in [0.717, 1.165) is 25.2 Å². The van der Waals surface area contributed by atoms with E-state index in [2.05, 4.69) is 31.0 Å². The molecule has 0 bridgehead atoms. The lowest BCUT2D eigenvalue weighted by molar-refractivity contribution is 0.165. The summed E-state index contributed by atoms with van der Waals surface area (Å²) in [7, 11) is 0. The summed E-state index contributed by atoms with van der Waals surface area (Å²) in [6, 6.07) is 10.2. The summed E-state index contributed by atoms with van der Waals surface area (Å²) in [5.41, 5.74) is 0.972. The molecule has 102 valence electrons. The molecule has 3 heteroatoms. The van der Waals surface area contributed by atoms with Crippen LogP contribution in [0.5, 0.6) is 0 Å². The van der Waals surface area contributed by atoms with E-state index >= 15 is 0 Å². The summed E-state index contributed by atoms with van der Waals surface area (Å²) in [6.45, 7) is 10.3. The lowest BCUT2D eigenvalue weighted by Gasteiger charge is -2.24. The molecular formula is C15H26N2O. The molecule has 0 radical (unpaired) electrons. The Kier molecular flexibility index (Phi) is 6.94. The number of aliphatic hydroxyl groups is 1. The standard InChI is InChI=1S/C15H26N2O/c1-4-17(5-2)12-13(3)16-11-15(18)14-9-7-6-8-10-14/h6-10,13,15-16,18H,4-5,11-12H2,1-3H3. The number of benzene rings is 1. The van der Waals surface area contributed by atoms with Gasteiger partial charge in [0.2, 0.25) is 0 Å². The highest BCUT2D eigenvalue weighted by Crippen LogP contribution is 2.10. The summed E-state index contributed by atoms with van der Waals surface area (Å²) >= 11 is 0. The van der Waals surface area contributed by atoms with Gasteiger partial charge >= 0.3 is 0 Å². The van der Waals surface area contributed by atoms with E-state index in [-0.39, 0.29) is 0 Å². The highest BCUT2D eigenvalue weighted by molar-refractivity contribution is 5.17. The Morgan fingerprint density at radius 3 is 2.33 bits per heavy atom. The average Bonchev–Trinajstić information content (AvgIpc) is 2.43. The molecule has 0 amide bonds. The van der Waals surface area contributed by atoms with Gasteiger partial charge in [0.1, 0.15) is 0 Å². The summed E-state index contributed by atoms with van der Waals surface area (Å²) in [5.74, 6) is 0. The van der Waals surface area contributed by atoms with E-state index < -0.39 is 6.10 Å². The quantitative estimate of drug-likeness (QED) is 0.741. The van der Waals surface area contributed by atoms with Crippen LogP contribution in [0, 0.1) is 0 Å². The maximum atomic E-state index is 10.0. The van der Waals surface area contributed by atoms with Gasteiger partial charge in [0.25, 0.3) is 0 Å². The lowest BCUT2D eigenvalue weighted by atomic mass is 10.1. The van der Waals surface area contributed by atoms with Crippen molar-refractivity contribution >= 4 is 0 Å². The van der Waals surface area contributed by atoms with Crippen molar-refractivity contribution < 1.29 is 5.11 Å². The van der Waals surface area contributed by atoms with Crippen molar-refractivity contribution in [1.29, 1.82) is 0 Å². The fourth-order valence-electron chi connectivity index (χ4n) is 2.04. The average molecular weight is 250 g/mol. The molecule has 2 N–H and O–H groups in total. The van der Waals surface area contributed by atoms with Gasteiger partial charge < -0.3 is 15.3 Å². The van der Waals surface area contributed by atoms with Crippen molar-refractivity contribution in [3.63, 3.8) is 0 Å². The van der Waals surface area contributed by atoms with Crippen LogP contribution in [0.25, 0.3) is 0 Å². The van der Waals surface area contributed by atoms with E-state index in [4.69, 9.17) is 0 Å². The third-order valence-electron chi connectivity index (χ3n) is 3.27. The molecule has 0 saturated carbocycles. The Labute approximate surface area is 111 Å². The first kappa shape index (κ1) is 15.2. The van der Waals surface area contributed by atoms with E-state index in [1.165, 1.54) is 0 Å². The van der Waals surface area contributed by atoms with E-state index in [1.807, 2.05) is 30.3 Å². The molecule has 0 saturated heterocycles. The minimum absolute atomic E-state index is 0.392. The number of rotatable bonds is 8. The van der Waals surface area contributed by atoms with Crippen molar-refractivity contribution in [2.45, 2.75) is 32.9 Å². The van der Waals surface area contributed by atoms with Crippen molar-refractivity contribution in [3.8, 4) is 0 Å².